The van der Waals surface area contributed by atoms with E-state index in [-0.39, 0.29) is 0 Å². The second kappa shape index (κ2) is 5.28. The van der Waals surface area contributed by atoms with Crippen molar-refractivity contribution in [3.63, 3.8) is 0 Å². The van der Waals surface area contributed by atoms with Crippen molar-refractivity contribution in [1.29, 1.82) is 0 Å². The molecule has 0 atom stereocenters. The van der Waals surface area contributed by atoms with Crippen LogP contribution in [0.3, 0.4) is 0 Å². The van der Waals surface area contributed by atoms with Gasteiger partial charge in [-0.05, 0) is 17.7 Å². The Kier molecular flexibility index (Phi) is 3.33. The van der Waals surface area contributed by atoms with Crippen molar-refractivity contribution < 1.29 is 4.79 Å². The highest BCUT2D eigenvalue weighted by molar-refractivity contribution is 7.98. The van der Waals surface area contributed by atoms with Gasteiger partial charge >= 0.3 is 0 Å². The third kappa shape index (κ3) is 2.53. The van der Waals surface area contributed by atoms with E-state index in [4.69, 9.17) is 0 Å². The summed E-state index contributed by atoms with van der Waals surface area (Å²) < 4.78 is 0. The van der Waals surface area contributed by atoms with Crippen LogP contribution < -0.4 is 0 Å². The summed E-state index contributed by atoms with van der Waals surface area (Å²) in [7, 11) is 0. The summed E-state index contributed by atoms with van der Waals surface area (Å²) in [6.45, 7) is 0. The Morgan fingerprint density at radius 1 is 1.21 bits per heavy atom. The molecule has 3 nitrogen and oxygen atoms in total. The summed E-state index contributed by atoms with van der Waals surface area (Å²) in [5, 5.41) is 8.00. The zero-order valence-corrected chi connectivity index (χ0v) is 11.0. The molecule has 94 valence electrons. The molecule has 0 aliphatic heterocycles. The number of benzene rings is 2. The number of thioether (sulfide) groups is 1. The summed E-state index contributed by atoms with van der Waals surface area (Å²) in [4.78, 5) is 12.0. The molecule has 0 unspecified atom stereocenters. The van der Waals surface area contributed by atoms with E-state index in [0.717, 1.165) is 27.8 Å². The standard InChI is InChI=1S/C15H12N2OS/c18-9-12-6-13-8-16-17-15(13)14(7-12)19-10-11-4-2-1-3-5-11/h1-9H,10H2,(H,16,17). The van der Waals surface area contributed by atoms with Crippen LogP contribution in [0, 0.1) is 0 Å². The second-order valence-electron chi connectivity index (χ2n) is 4.25. The summed E-state index contributed by atoms with van der Waals surface area (Å²) in [6, 6.07) is 14.0. The van der Waals surface area contributed by atoms with Crippen LogP contribution in [0.4, 0.5) is 0 Å². The Hall–Kier alpha value is -2.07. The maximum absolute atomic E-state index is 11.0. The van der Waals surface area contributed by atoms with Crippen LogP contribution in [0.1, 0.15) is 15.9 Å². The second-order valence-corrected chi connectivity index (χ2v) is 5.26. The maximum Gasteiger partial charge on any atom is 0.150 e. The average Bonchev–Trinajstić information content (AvgIpc) is 2.94. The van der Waals surface area contributed by atoms with Crippen LogP contribution in [0.15, 0.2) is 53.6 Å². The Morgan fingerprint density at radius 3 is 2.84 bits per heavy atom. The van der Waals surface area contributed by atoms with Gasteiger partial charge in [-0.25, -0.2) is 0 Å². The van der Waals surface area contributed by atoms with Crippen molar-refractivity contribution in [3.05, 3.63) is 59.8 Å². The number of aromatic amines is 1. The van der Waals surface area contributed by atoms with Crippen LogP contribution in [0.2, 0.25) is 0 Å². The molecule has 4 heteroatoms. The predicted octanol–water partition coefficient (Wildman–Crippen LogP) is 3.67. The molecule has 0 saturated carbocycles. The number of aldehydes is 1. The van der Waals surface area contributed by atoms with Gasteiger partial charge in [0.2, 0.25) is 0 Å². The van der Waals surface area contributed by atoms with Crippen LogP contribution >= 0.6 is 11.8 Å². The fourth-order valence-corrected chi connectivity index (χ4v) is 3.01. The highest BCUT2D eigenvalue weighted by Gasteiger charge is 2.06. The van der Waals surface area contributed by atoms with Gasteiger partial charge in [-0.2, -0.15) is 5.10 Å². The first-order valence-electron chi connectivity index (χ1n) is 5.96. The third-order valence-electron chi connectivity index (χ3n) is 2.91. The molecular weight excluding hydrogens is 256 g/mol. The summed E-state index contributed by atoms with van der Waals surface area (Å²) >= 11 is 1.71. The first-order chi connectivity index (χ1) is 9.36. The zero-order valence-electron chi connectivity index (χ0n) is 10.2. The van der Waals surface area contributed by atoms with Gasteiger partial charge in [0.25, 0.3) is 0 Å². The monoisotopic (exact) mass is 268 g/mol. The Morgan fingerprint density at radius 2 is 2.05 bits per heavy atom. The summed E-state index contributed by atoms with van der Waals surface area (Å²) in [5.41, 5.74) is 2.94. The van der Waals surface area contributed by atoms with Crippen LogP contribution in [-0.2, 0) is 5.75 Å². The van der Waals surface area contributed by atoms with Gasteiger partial charge in [0, 0.05) is 21.6 Å². The fraction of sp³-hybridized carbons (Fsp3) is 0.0667. The zero-order chi connectivity index (χ0) is 13.1. The number of nitrogens with one attached hydrogen (secondary N) is 1. The Balaban J connectivity index is 1.91. The molecule has 0 saturated heterocycles. The lowest BCUT2D eigenvalue weighted by atomic mass is 10.2. The van der Waals surface area contributed by atoms with E-state index < -0.39 is 0 Å². The molecular formula is C15H12N2OS. The van der Waals surface area contributed by atoms with E-state index in [9.17, 15) is 4.79 Å². The van der Waals surface area contributed by atoms with Crippen LogP contribution in [0.5, 0.6) is 0 Å². The number of hydrogen-bond acceptors (Lipinski definition) is 3. The molecule has 3 aromatic rings. The molecule has 3 rings (SSSR count). The summed E-state index contributed by atoms with van der Waals surface area (Å²) in [6.07, 6.45) is 2.62. The number of carbonyl (C=O) groups is 1. The number of aromatic nitrogens is 2. The molecule has 1 aromatic heterocycles. The van der Waals surface area contributed by atoms with Gasteiger partial charge < -0.3 is 0 Å². The topological polar surface area (TPSA) is 45.8 Å². The van der Waals surface area contributed by atoms with Crippen LogP contribution in [-0.4, -0.2) is 16.5 Å². The molecule has 0 spiro atoms. The van der Waals surface area contributed by atoms with Gasteiger partial charge in [0.15, 0.2) is 0 Å². The van der Waals surface area contributed by atoms with Crippen molar-refractivity contribution in [3.8, 4) is 0 Å². The van der Waals surface area contributed by atoms with Crippen molar-refractivity contribution >= 4 is 29.0 Å². The lowest BCUT2D eigenvalue weighted by Gasteiger charge is -2.04. The van der Waals surface area contributed by atoms with Gasteiger partial charge in [-0.1, -0.05) is 30.3 Å². The highest BCUT2D eigenvalue weighted by Crippen LogP contribution is 2.30. The molecule has 0 aliphatic carbocycles. The number of nitrogens with zero attached hydrogens (tertiary/aromatic N) is 1. The Bertz CT molecular complexity index is 706. The normalized spacial score (nSPS) is 10.7. The van der Waals surface area contributed by atoms with Gasteiger partial charge in [-0.3, -0.25) is 9.89 Å². The largest absolute Gasteiger partial charge is 0.298 e. The summed E-state index contributed by atoms with van der Waals surface area (Å²) in [5.74, 6) is 0.872. The van der Waals surface area contributed by atoms with E-state index in [0.29, 0.717) is 5.56 Å². The van der Waals surface area contributed by atoms with Crippen molar-refractivity contribution in [2.24, 2.45) is 0 Å². The molecule has 0 fully saturated rings. The molecule has 0 bridgehead atoms. The van der Waals surface area contributed by atoms with Crippen molar-refractivity contribution in [2.45, 2.75) is 10.6 Å². The van der Waals surface area contributed by atoms with Gasteiger partial charge in [-0.15, -0.1) is 11.8 Å². The van der Waals surface area contributed by atoms with E-state index in [2.05, 4.69) is 22.3 Å². The molecule has 0 radical (unpaired) electrons. The van der Waals surface area contributed by atoms with Crippen molar-refractivity contribution in [2.75, 3.05) is 0 Å². The minimum atomic E-state index is 0.685. The number of hydrogen-bond donors (Lipinski definition) is 1. The number of H-pyrrole nitrogens is 1. The maximum atomic E-state index is 11.0. The van der Waals surface area contributed by atoms with Crippen LogP contribution in [0.25, 0.3) is 10.9 Å². The quantitative estimate of drug-likeness (QED) is 0.580. The average molecular weight is 268 g/mol. The van der Waals surface area contributed by atoms with E-state index >= 15 is 0 Å². The fourth-order valence-electron chi connectivity index (χ4n) is 1.96. The highest BCUT2D eigenvalue weighted by atomic mass is 32.2. The minimum Gasteiger partial charge on any atom is -0.298 e. The van der Waals surface area contributed by atoms with Crippen molar-refractivity contribution in [1.82, 2.24) is 10.2 Å². The first kappa shape index (κ1) is 12.0. The molecule has 19 heavy (non-hydrogen) atoms. The van der Waals surface area contributed by atoms with E-state index in [1.54, 1.807) is 18.0 Å². The molecule has 0 amide bonds. The van der Waals surface area contributed by atoms with Gasteiger partial charge in [0.1, 0.15) is 6.29 Å². The molecule has 1 N–H and O–H groups in total. The van der Waals surface area contributed by atoms with Gasteiger partial charge in [0.05, 0.1) is 11.7 Å². The molecule has 2 aromatic carbocycles. The number of fused-ring (bicyclic) bond motifs is 1. The molecule has 0 aliphatic rings. The number of rotatable bonds is 4. The molecule has 1 heterocycles. The minimum absolute atomic E-state index is 0.685. The number of carbonyl (C=O) groups excluding carboxylic acids is 1. The SMILES string of the molecule is O=Cc1cc(SCc2ccccc2)c2[nH]ncc2c1. The van der Waals surface area contributed by atoms with E-state index in [1.165, 1.54) is 5.56 Å². The lowest BCUT2D eigenvalue weighted by Crippen LogP contribution is -1.85. The predicted molar refractivity (Wildman–Crippen MR) is 77.5 cm³/mol. The smallest absolute Gasteiger partial charge is 0.150 e. The first-order valence-corrected chi connectivity index (χ1v) is 6.94. The Labute approximate surface area is 115 Å². The lowest BCUT2D eigenvalue weighted by molar-refractivity contribution is 0.112. The van der Waals surface area contributed by atoms with E-state index in [1.807, 2.05) is 30.3 Å². The third-order valence-corrected chi connectivity index (χ3v) is 4.02.